The number of anilines is 3. The average molecular weight is 517 g/mol. The predicted molar refractivity (Wildman–Crippen MR) is 143 cm³/mol. The Morgan fingerprint density at radius 2 is 1.73 bits per heavy atom. The zero-order valence-corrected chi connectivity index (χ0v) is 21.7. The summed E-state index contributed by atoms with van der Waals surface area (Å²) < 4.78 is 28.5. The zero-order valence-electron chi connectivity index (χ0n) is 20.8. The number of hydrogen-bond donors (Lipinski definition) is 2. The van der Waals surface area contributed by atoms with Gasteiger partial charge >= 0.3 is 0 Å². The third-order valence-electron chi connectivity index (χ3n) is 7.10. The first-order valence-electron chi connectivity index (χ1n) is 12.0. The first kappa shape index (κ1) is 24.6. The molecule has 1 aliphatic heterocycles. The van der Waals surface area contributed by atoms with Crippen LogP contribution in [0.25, 0.3) is 10.9 Å². The molecule has 0 bridgehead atoms. The minimum Gasteiger partial charge on any atom is -0.351 e. The second-order valence-corrected chi connectivity index (χ2v) is 11.3. The Kier molecular flexibility index (Phi) is 6.28. The number of pyridine rings is 3. The monoisotopic (exact) mass is 516 g/mol. The van der Waals surface area contributed by atoms with Crippen LogP contribution in [0.4, 0.5) is 17.3 Å². The molecule has 190 valence electrons. The molecule has 4 heterocycles. The van der Waals surface area contributed by atoms with Crippen molar-refractivity contribution < 1.29 is 13.2 Å². The van der Waals surface area contributed by atoms with E-state index in [0.29, 0.717) is 23.2 Å². The lowest BCUT2D eigenvalue weighted by Crippen LogP contribution is -2.43. The van der Waals surface area contributed by atoms with Crippen molar-refractivity contribution in [3.05, 3.63) is 78.6 Å². The lowest BCUT2D eigenvalue weighted by atomic mass is 9.90. The summed E-state index contributed by atoms with van der Waals surface area (Å²) in [7, 11) is -4.26. The summed E-state index contributed by atoms with van der Waals surface area (Å²) in [6.07, 6.45) is 4.26. The van der Waals surface area contributed by atoms with Gasteiger partial charge in [-0.2, -0.15) is 8.42 Å². The number of aromatic nitrogens is 3. The van der Waals surface area contributed by atoms with E-state index >= 15 is 0 Å². The number of carbonyl (C=O) groups excluding carboxylic acids is 1. The Morgan fingerprint density at radius 1 is 1.00 bits per heavy atom. The lowest BCUT2D eigenvalue weighted by Gasteiger charge is -2.36. The third kappa shape index (κ3) is 4.72. The van der Waals surface area contributed by atoms with Crippen LogP contribution >= 0.6 is 0 Å². The van der Waals surface area contributed by atoms with Crippen LogP contribution in [-0.4, -0.2) is 41.4 Å². The van der Waals surface area contributed by atoms with E-state index in [0.717, 1.165) is 23.9 Å². The zero-order chi connectivity index (χ0) is 26.2. The Hall–Kier alpha value is -4.05. The molecule has 0 radical (unpaired) electrons. The molecule has 37 heavy (non-hydrogen) atoms. The number of nitrogens with zero attached hydrogens (tertiary/aromatic N) is 4. The van der Waals surface area contributed by atoms with Crippen molar-refractivity contribution in [2.75, 3.05) is 16.8 Å². The van der Waals surface area contributed by atoms with Crippen LogP contribution in [0.1, 0.15) is 37.6 Å². The number of benzene rings is 1. The molecular weight excluding hydrogens is 488 g/mol. The van der Waals surface area contributed by atoms with Crippen LogP contribution in [-0.2, 0) is 10.0 Å². The quantitative estimate of drug-likeness (QED) is 0.384. The normalized spacial score (nSPS) is 17.1. The van der Waals surface area contributed by atoms with Crippen LogP contribution < -0.4 is 14.9 Å². The van der Waals surface area contributed by atoms with Crippen molar-refractivity contribution >= 4 is 44.2 Å². The number of para-hydroxylation sites is 1. The molecule has 0 saturated carbocycles. The second kappa shape index (κ2) is 9.44. The van der Waals surface area contributed by atoms with Crippen LogP contribution in [0.2, 0.25) is 0 Å². The molecule has 1 amide bonds. The molecule has 9 nitrogen and oxygen atoms in total. The second-order valence-electron chi connectivity index (χ2n) is 9.67. The summed E-state index contributed by atoms with van der Waals surface area (Å²) in [6, 6.07) is 17.2. The van der Waals surface area contributed by atoms with Gasteiger partial charge in [-0.1, -0.05) is 31.2 Å². The molecule has 1 saturated heterocycles. The van der Waals surface area contributed by atoms with E-state index in [2.05, 4.69) is 50.7 Å². The Bertz CT molecular complexity index is 1580. The van der Waals surface area contributed by atoms with Crippen molar-refractivity contribution in [3.63, 3.8) is 0 Å². The number of nitrogens with one attached hydrogen (secondary N) is 2. The SMILES string of the molecule is CC1CCN(c2ncccc2C(=O)NS(=O)(=O)c2cccc(Nc3cccc4cccnc34)n2)C1(C)C. The summed E-state index contributed by atoms with van der Waals surface area (Å²) in [6.45, 7) is 7.10. The molecule has 1 fully saturated rings. The minimum absolute atomic E-state index is 0.198. The van der Waals surface area contributed by atoms with Gasteiger partial charge in [0, 0.05) is 29.9 Å². The number of sulfonamides is 1. The summed E-state index contributed by atoms with van der Waals surface area (Å²) in [5.74, 6) is 0.419. The van der Waals surface area contributed by atoms with Gasteiger partial charge < -0.3 is 10.2 Å². The number of fused-ring (bicyclic) bond motifs is 1. The fourth-order valence-electron chi connectivity index (χ4n) is 4.60. The van der Waals surface area contributed by atoms with Gasteiger partial charge in [0.1, 0.15) is 11.6 Å². The van der Waals surface area contributed by atoms with E-state index in [1.807, 2.05) is 30.3 Å². The highest BCUT2D eigenvalue weighted by atomic mass is 32.2. The Balaban J connectivity index is 1.40. The van der Waals surface area contributed by atoms with Crippen LogP contribution in [0, 0.1) is 5.92 Å². The largest absolute Gasteiger partial charge is 0.351 e. The highest BCUT2D eigenvalue weighted by Crippen LogP contribution is 2.38. The van der Waals surface area contributed by atoms with Gasteiger partial charge in [0.05, 0.1) is 16.8 Å². The van der Waals surface area contributed by atoms with Crippen LogP contribution in [0.15, 0.2) is 78.1 Å². The summed E-state index contributed by atoms with van der Waals surface area (Å²) >= 11 is 0. The van der Waals surface area contributed by atoms with Crippen LogP contribution in [0.3, 0.4) is 0 Å². The topological polar surface area (TPSA) is 117 Å². The first-order chi connectivity index (χ1) is 17.7. The Labute approximate surface area is 216 Å². The molecule has 0 aliphatic carbocycles. The molecular formula is C27H28N6O3S. The lowest BCUT2D eigenvalue weighted by molar-refractivity contribution is 0.0981. The third-order valence-corrected chi connectivity index (χ3v) is 8.33. The number of rotatable bonds is 6. The van der Waals surface area contributed by atoms with Gasteiger partial charge in [0.15, 0.2) is 5.03 Å². The molecule has 1 aromatic carbocycles. The van der Waals surface area contributed by atoms with Crippen LogP contribution in [0.5, 0.6) is 0 Å². The van der Waals surface area contributed by atoms with Gasteiger partial charge in [-0.15, -0.1) is 0 Å². The number of hydrogen-bond acceptors (Lipinski definition) is 8. The number of carbonyl (C=O) groups is 1. The van der Waals surface area contributed by atoms with E-state index in [9.17, 15) is 13.2 Å². The fourth-order valence-corrected chi connectivity index (χ4v) is 5.54. The van der Waals surface area contributed by atoms with Crippen molar-refractivity contribution in [2.24, 2.45) is 5.92 Å². The maximum atomic E-state index is 13.2. The number of amides is 1. The van der Waals surface area contributed by atoms with Gasteiger partial charge in [-0.25, -0.2) is 14.7 Å². The van der Waals surface area contributed by atoms with Crippen molar-refractivity contribution in [1.82, 2.24) is 19.7 Å². The molecule has 0 spiro atoms. The van der Waals surface area contributed by atoms with E-state index in [1.165, 1.54) is 6.07 Å². The molecule has 1 aliphatic rings. The van der Waals surface area contributed by atoms with E-state index in [4.69, 9.17) is 0 Å². The predicted octanol–water partition coefficient (Wildman–Crippen LogP) is 4.51. The van der Waals surface area contributed by atoms with Crippen molar-refractivity contribution in [3.8, 4) is 0 Å². The summed E-state index contributed by atoms with van der Waals surface area (Å²) in [5.41, 5.74) is 1.40. The van der Waals surface area contributed by atoms with Gasteiger partial charge in [0.2, 0.25) is 0 Å². The van der Waals surface area contributed by atoms with Gasteiger partial charge in [-0.05, 0) is 62.6 Å². The molecule has 5 rings (SSSR count). The molecule has 3 aromatic heterocycles. The van der Waals surface area contributed by atoms with E-state index in [1.54, 1.807) is 36.7 Å². The maximum absolute atomic E-state index is 13.2. The highest BCUT2D eigenvalue weighted by molar-refractivity contribution is 7.90. The average Bonchev–Trinajstić information content (AvgIpc) is 3.16. The molecule has 4 aromatic rings. The maximum Gasteiger partial charge on any atom is 0.281 e. The molecule has 2 N–H and O–H groups in total. The van der Waals surface area contributed by atoms with Crippen molar-refractivity contribution in [2.45, 2.75) is 37.8 Å². The van der Waals surface area contributed by atoms with Crippen molar-refractivity contribution in [1.29, 1.82) is 0 Å². The molecule has 10 heteroatoms. The van der Waals surface area contributed by atoms with Gasteiger partial charge in [-0.3, -0.25) is 9.78 Å². The Morgan fingerprint density at radius 3 is 2.51 bits per heavy atom. The van der Waals surface area contributed by atoms with E-state index in [-0.39, 0.29) is 16.1 Å². The fraction of sp³-hybridized carbons (Fsp3) is 0.259. The molecule has 1 unspecified atom stereocenters. The first-order valence-corrected chi connectivity index (χ1v) is 13.5. The summed E-state index contributed by atoms with van der Waals surface area (Å²) in [5, 5.41) is 3.79. The minimum atomic E-state index is -4.26. The standard InChI is InChI=1S/C27H28N6O3S/c1-18-14-17-33(27(18,2)3)25-20(10-7-16-29-25)26(34)32-37(35,36)23-13-5-12-22(31-23)30-21-11-4-8-19-9-6-15-28-24(19)21/h4-13,15-16,18H,14,17H2,1-3H3,(H,30,31)(H,32,34). The van der Waals surface area contributed by atoms with E-state index < -0.39 is 15.9 Å². The smallest absolute Gasteiger partial charge is 0.281 e. The highest BCUT2D eigenvalue weighted by Gasteiger charge is 2.40. The summed E-state index contributed by atoms with van der Waals surface area (Å²) in [4.78, 5) is 28.4. The molecule has 1 atom stereocenters. The van der Waals surface area contributed by atoms with Gasteiger partial charge in [0.25, 0.3) is 15.9 Å².